The van der Waals surface area contributed by atoms with Crippen LogP contribution in [0.4, 0.5) is 0 Å². The Morgan fingerprint density at radius 2 is 1.83 bits per heavy atom. The largest absolute Gasteiger partial charge is 0.481 e. The fourth-order valence-corrected chi connectivity index (χ4v) is 4.07. The second-order valence-electron chi connectivity index (χ2n) is 4.78. The molecule has 1 aliphatic rings. The Morgan fingerprint density at radius 1 is 1.28 bits per heavy atom. The Morgan fingerprint density at radius 3 is 2.17 bits per heavy atom. The van der Waals surface area contributed by atoms with Crippen LogP contribution in [0.25, 0.3) is 0 Å². The third kappa shape index (κ3) is 2.27. The molecule has 0 saturated heterocycles. The number of aryl methyl sites for hydroxylation is 1. The van der Waals surface area contributed by atoms with Crippen molar-refractivity contribution in [3.63, 3.8) is 0 Å². The molecule has 5 heteroatoms. The number of hydrogen-bond donors (Lipinski definition) is 1. The van der Waals surface area contributed by atoms with E-state index < -0.39 is 32.9 Å². The van der Waals surface area contributed by atoms with Gasteiger partial charge in [0.15, 0.2) is 9.84 Å². The van der Waals surface area contributed by atoms with Gasteiger partial charge >= 0.3 is 5.97 Å². The topological polar surface area (TPSA) is 71.4 Å². The molecule has 1 N–H and O–H groups in total. The number of aliphatic carboxylic acids is 1. The van der Waals surface area contributed by atoms with Crippen LogP contribution in [0.2, 0.25) is 0 Å². The van der Waals surface area contributed by atoms with Gasteiger partial charge in [-0.15, -0.1) is 0 Å². The highest BCUT2D eigenvalue weighted by molar-refractivity contribution is 7.91. The van der Waals surface area contributed by atoms with Gasteiger partial charge in [0.25, 0.3) is 0 Å². The summed E-state index contributed by atoms with van der Waals surface area (Å²) in [6.45, 7) is 2.03. The lowest BCUT2D eigenvalue weighted by atomic mass is 10.1. The zero-order valence-corrected chi connectivity index (χ0v) is 11.1. The second kappa shape index (κ2) is 4.39. The van der Waals surface area contributed by atoms with E-state index in [1.54, 1.807) is 0 Å². The summed E-state index contributed by atoms with van der Waals surface area (Å²) in [4.78, 5) is 11.1. The fraction of sp³-hybridized carbons (Fsp3) is 0.462. The first-order chi connectivity index (χ1) is 8.36. The third-order valence-corrected chi connectivity index (χ3v) is 5.08. The minimum atomic E-state index is -3.32. The molecule has 4 nitrogen and oxygen atoms in total. The number of sulfone groups is 1. The van der Waals surface area contributed by atoms with Gasteiger partial charge in [-0.3, -0.25) is 4.79 Å². The van der Waals surface area contributed by atoms with E-state index in [0.717, 1.165) is 23.8 Å². The van der Waals surface area contributed by atoms with Gasteiger partial charge in [-0.1, -0.05) is 31.2 Å². The molecule has 1 aliphatic carbocycles. The van der Waals surface area contributed by atoms with Crippen molar-refractivity contribution in [2.45, 2.75) is 24.5 Å². The number of hydrogen-bond acceptors (Lipinski definition) is 3. The third-order valence-electron chi connectivity index (χ3n) is 3.51. The molecule has 2 rings (SSSR count). The molecular formula is C13H16O4S. The Balaban J connectivity index is 2.30. The van der Waals surface area contributed by atoms with Crippen LogP contribution >= 0.6 is 0 Å². The van der Waals surface area contributed by atoms with E-state index in [0.29, 0.717) is 0 Å². The van der Waals surface area contributed by atoms with Crippen LogP contribution in [0, 0.1) is 5.92 Å². The molecule has 1 aromatic rings. The molecule has 0 bridgehead atoms. The quantitative estimate of drug-likeness (QED) is 0.897. The summed E-state index contributed by atoms with van der Waals surface area (Å²) in [7, 11) is -3.32. The van der Waals surface area contributed by atoms with Crippen LogP contribution in [0.1, 0.15) is 24.0 Å². The van der Waals surface area contributed by atoms with E-state index in [2.05, 4.69) is 0 Å². The minimum Gasteiger partial charge on any atom is -0.481 e. The number of carboxylic acids is 1. The standard InChI is InChI=1S/C13H16O4S/c1-3-8-4-6-9(7-5-8)10-11(13(14)15)12(10)18(2,16)17/h4-7,10-12H,3H2,1-2H3,(H,14,15)/t10-,11+,12+/m0/s1. The lowest BCUT2D eigenvalue weighted by molar-refractivity contribution is -0.138. The zero-order chi connectivity index (χ0) is 13.5. The Kier molecular flexibility index (Phi) is 3.19. The van der Waals surface area contributed by atoms with Crippen molar-refractivity contribution in [3.8, 4) is 0 Å². The van der Waals surface area contributed by atoms with E-state index in [-0.39, 0.29) is 0 Å². The lowest BCUT2D eigenvalue weighted by Gasteiger charge is -2.01. The molecule has 0 aliphatic heterocycles. The van der Waals surface area contributed by atoms with E-state index in [1.807, 2.05) is 31.2 Å². The monoisotopic (exact) mass is 268 g/mol. The van der Waals surface area contributed by atoms with Gasteiger partial charge in [0.1, 0.15) is 0 Å². The predicted octanol–water partition coefficient (Wildman–Crippen LogP) is 1.46. The summed E-state index contributed by atoms with van der Waals surface area (Å²) < 4.78 is 23.1. The lowest BCUT2D eigenvalue weighted by Crippen LogP contribution is -2.10. The number of benzene rings is 1. The molecule has 1 fully saturated rings. The second-order valence-corrected chi connectivity index (χ2v) is 6.98. The number of carbonyl (C=O) groups is 1. The number of carboxylic acid groups (broad SMARTS) is 1. The SMILES string of the molecule is CCc1ccc([C@H]2[C@@H](C(=O)O)[C@@H]2S(C)(=O)=O)cc1. The van der Waals surface area contributed by atoms with Gasteiger partial charge in [-0.05, 0) is 17.5 Å². The van der Waals surface area contributed by atoms with Gasteiger partial charge in [-0.2, -0.15) is 0 Å². The summed E-state index contributed by atoms with van der Waals surface area (Å²) in [6, 6.07) is 7.52. The van der Waals surface area contributed by atoms with Crippen molar-refractivity contribution >= 4 is 15.8 Å². The highest BCUT2D eigenvalue weighted by Gasteiger charge is 2.61. The molecule has 1 saturated carbocycles. The van der Waals surface area contributed by atoms with Crippen molar-refractivity contribution in [3.05, 3.63) is 35.4 Å². The van der Waals surface area contributed by atoms with Crippen LogP contribution < -0.4 is 0 Å². The highest BCUT2D eigenvalue weighted by Crippen LogP contribution is 2.52. The van der Waals surface area contributed by atoms with Crippen molar-refractivity contribution in [2.24, 2.45) is 5.92 Å². The summed E-state index contributed by atoms with van der Waals surface area (Å²) in [5.74, 6) is -2.23. The molecule has 0 heterocycles. The van der Waals surface area contributed by atoms with E-state index in [1.165, 1.54) is 0 Å². The predicted molar refractivity (Wildman–Crippen MR) is 68.3 cm³/mol. The summed E-state index contributed by atoms with van der Waals surface area (Å²) in [5, 5.41) is 8.28. The fourth-order valence-electron chi connectivity index (χ4n) is 2.48. The average Bonchev–Trinajstić information content (AvgIpc) is 3.04. The Bertz CT molecular complexity index is 559. The summed E-state index contributed by atoms with van der Waals surface area (Å²) in [6.07, 6.45) is 2.01. The average molecular weight is 268 g/mol. The van der Waals surface area contributed by atoms with E-state index in [4.69, 9.17) is 5.11 Å². The first-order valence-corrected chi connectivity index (χ1v) is 7.82. The van der Waals surface area contributed by atoms with E-state index >= 15 is 0 Å². The molecule has 1 aromatic carbocycles. The van der Waals surface area contributed by atoms with Crippen molar-refractivity contribution in [1.82, 2.24) is 0 Å². The molecular weight excluding hydrogens is 252 g/mol. The molecule has 3 atom stereocenters. The maximum Gasteiger partial charge on any atom is 0.308 e. The van der Waals surface area contributed by atoms with Crippen LogP contribution in [0.5, 0.6) is 0 Å². The maximum absolute atomic E-state index is 11.6. The van der Waals surface area contributed by atoms with Gasteiger partial charge in [0.2, 0.25) is 0 Å². The zero-order valence-electron chi connectivity index (χ0n) is 10.3. The number of rotatable bonds is 4. The van der Waals surface area contributed by atoms with Crippen molar-refractivity contribution in [1.29, 1.82) is 0 Å². The van der Waals surface area contributed by atoms with Crippen LogP contribution in [0.3, 0.4) is 0 Å². The van der Waals surface area contributed by atoms with Gasteiger partial charge < -0.3 is 5.11 Å². The maximum atomic E-state index is 11.6. The van der Waals surface area contributed by atoms with Crippen LogP contribution in [-0.4, -0.2) is 31.0 Å². The molecule has 18 heavy (non-hydrogen) atoms. The van der Waals surface area contributed by atoms with Crippen molar-refractivity contribution in [2.75, 3.05) is 6.26 Å². The highest BCUT2D eigenvalue weighted by atomic mass is 32.2. The molecule has 98 valence electrons. The van der Waals surface area contributed by atoms with Gasteiger partial charge in [-0.25, -0.2) is 8.42 Å². The molecule has 0 aromatic heterocycles. The van der Waals surface area contributed by atoms with Crippen LogP contribution in [0.15, 0.2) is 24.3 Å². The van der Waals surface area contributed by atoms with Gasteiger partial charge in [0, 0.05) is 12.2 Å². The van der Waals surface area contributed by atoms with Crippen LogP contribution in [-0.2, 0) is 21.1 Å². The minimum absolute atomic E-state index is 0.400. The smallest absolute Gasteiger partial charge is 0.308 e. The molecule has 0 spiro atoms. The molecule has 0 unspecified atom stereocenters. The Labute approximate surface area is 107 Å². The molecule has 0 amide bonds. The summed E-state index contributed by atoms with van der Waals surface area (Å²) >= 11 is 0. The van der Waals surface area contributed by atoms with Crippen molar-refractivity contribution < 1.29 is 18.3 Å². The molecule has 0 radical (unpaired) electrons. The van der Waals surface area contributed by atoms with Gasteiger partial charge in [0.05, 0.1) is 11.2 Å². The first-order valence-electron chi connectivity index (χ1n) is 5.86. The van der Waals surface area contributed by atoms with E-state index in [9.17, 15) is 13.2 Å². The first kappa shape index (κ1) is 13.1. The Hall–Kier alpha value is -1.36. The summed E-state index contributed by atoms with van der Waals surface area (Å²) in [5.41, 5.74) is 1.96. The normalized spacial score (nSPS) is 26.9.